The van der Waals surface area contributed by atoms with Crippen molar-refractivity contribution in [1.29, 1.82) is 0 Å². The van der Waals surface area contributed by atoms with Crippen LogP contribution < -0.4 is 9.67 Å². The molecule has 18 heavy (non-hydrogen) atoms. The molecule has 4 heteroatoms. The summed E-state index contributed by atoms with van der Waals surface area (Å²) in [5.74, 6) is -1.08. The van der Waals surface area contributed by atoms with Gasteiger partial charge in [-0.1, -0.05) is 0 Å². The first-order chi connectivity index (χ1) is 8.74. The maximum absolute atomic E-state index is 10.4. The second-order valence-corrected chi connectivity index (χ2v) is 4.11. The number of carboxylic acid groups (broad SMARTS) is 1. The molecule has 0 saturated carbocycles. The van der Waals surface area contributed by atoms with E-state index in [9.17, 15) is 9.90 Å². The summed E-state index contributed by atoms with van der Waals surface area (Å²) in [6.07, 6.45) is 8.97. The SMILES string of the molecule is O=C([O-])C[n+]1ccc(CCc2ccncc2)cc1. The topological polar surface area (TPSA) is 56.9 Å². The van der Waals surface area contributed by atoms with Gasteiger partial charge in [-0.3, -0.25) is 4.98 Å². The number of aliphatic carboxylic acids is 1. The van der Waals surface area contributed by atoms with Crippen molar-refractivity contribution in [2.24, 2.45) is 0 Å². The number of carboxylic acids is 1. The van der Waals surface area contributed by atoms with Gasteiger partial charge in [0.1, 0.15) is 5.97 Å². The summed E-state index contributed by atoms with van der Waals surface area (Å²) in [5, 5.41) is 10.4. The summed E-state index contributed by atoms with van der Waals surface area (Å²) in [5.41, 5.74) is 2.43. The molecule has 0 aliphatic carbocycles. The largest absolute Gasteiger partial charge is 0.544 e. The summed E-state index contributed by atoms with van der Waals surface area (Å²) in [7, 11) is 0. The smallest absolute Gasteiger partial charge is 0.187 e. The highest BCUT2D eigenvalue weighted by molar-refractivity contribution is 5.62. The molecule has 0 aromatic carbocycles. The third kappa shape index (κ3) is 3.66. The lowest BCUT2D eigenvalue weighted by Gasteiger charge is -2.02. The highest BCUT2D eigenvalue weighted by Crippen LogP contribution is 2.04. The van der Waals surface area contributed by atoms with E-state index in [1.54, 1.807) is 29.4 Å². The molecule has 0 spiro atoms. The number of aromatic nitrogens is 2. The second-order valence-electron chi connectivity index (χ2n) is 4.11. The fraction of sp³-hybridized carbons (Fsp3) is 0.214. The molecule has 4 nitrogen and oxygen atoms in total. The minimum absolute atomic E-state index is 0.107. The van der Waals surface area contributed by atoms with Gasteiger partial charge in [0, 0.05) is 24.5 Å². The zero-order valence-corrected chi connectivity index (χ0v) is 9.95. The normalized spacial score (nSPS) is 10.2. The minimum atomic E-state index is -1.08. The zero-order valence-electron chi connectivity index (χ0n) is 9.95. The Morgan fingerprint density at radius 2 is 1.61 bits per heavy atom. The molecule has 2 heterocycles. The van der Waals surface area contributed by atoms with Crippen LogP contribution in [0, 0.1) is 0 Å². The van der Waals surface area contributed by atoms with Crippen LogP contribution in [-0.2, 0) is 24.2 Å². The fourth-order valence-electron chi connectivity index (χ4n) is 1.75. The predicted octanol–water partition coefficient (Wildman–Crippen LogP) is -0.0958. The number of rotatable bonds is 5. The number of pyridine rings is 2. The molecular weight excluding hydrogens is 228 g/mol. The lowest BCUT2D eigenvalue weighted by molar-refractivity contribution is -0.690. The van der Waals surface area contributed by atoms with E-state index in [1.165, 1.54) is 11.1 Å². The van der Waals surface area contributed by atoms with Gasteiger partial charge in [-0.05, 0) is 36.1 Å². The van der Waals surface area contributed by atoms with Crippen LogP contribution in [0.4, 0.5) is 0 Å². The Hall–Kier alpha value is -2.23. The van der Waals surface area contributed by atoms with Crippen LogP contribution >= 0.6 is 0 Å². The third-order valence-electron chi connectivity index (χ3n) is 2.72. The second kappa shape index (κ2) is 5.91. The van der Waals surface area contributed by atoms with Gasteiger partial charge < -0.3 is 9.90 Å². The number of aryl methyl sites for hydroxylation is 2. The van der Waals surface area contributed by atoms with E-state index in [-0.39, 0.29) is 6.54 Å². The van der Waals surface area contributed by atoms with Crippen molar-refractivity contribution >= 4 is 5.97 Å². The van der Waals surface area contributed by atoms with Gasteiger partial charge in [-0.15, -0.1) is 0 Å². The molecule has 0 radical (unpaired) electrons. The summed E-state index contributed by atoms with van der Waals surface area (Å²) >= 11 is 0. The molecule has 0 saturated heterocycles. The maximum atomic E-state index is 10.4. The molecule has 2 rings (SSSR count). The Labute approximate surface area is 106 Å². The molecular formula is C14H14N2O2. The number of carbonyl (C=O) groups excluding carboxylic acids is 1. The van der Waals surface area contributed by atoms with Gasteiger partial charge in [0.2, 0.25) is 0 Å². The Morgan fingerprint density at radius 1 is 1.06 bits per heavy atom. The van der Waals surface area contributed by atoms with Crippen LogP contribution in [-0.4, -0.2) is 11.0 Å². The molecule has 2 aromatic heterocycles. The standard InChI is InChI=1S/C14H14N2O2/c17-14(18)11-16-9-5-13(6-10-16)2-1-12-3-7-15-8-4-12/h3-10H,1-2,11H2. The summed E-state index contributed by atoms with van der Waals surface area (Å²) < 4.78 is 1.59. The zero-order chi connectivity index (χ0) is 12.8. The lowest BCUT2D eigenvalue weighted by atomic mass is 10.1. The Morgan fingerprint density at radius 3 is 2.17 bits per heavy atom. The maximum Gasteiger partial charge on any atom is 0.187 e. The van der Waals surface area contributed by atoms with E-state index in [0.717, 1.165) is 12.8 Å². The van der Waals surface area contributed by atoms with Gasteiger partial charge in [-0.25, -0.2) is 0 Å². The van der Waals surface area contributed by atoms with Crippen molar-refractivity contribution in [2.45, 2.75) is 19.4 Å². The van der Waals surface area contributed by atoms with E-state index in [4.69, 9.17) is 0 Å². The number of hydrogen-bond acceptors (Lipinski definition) is 3. The van der Waals surface area contributed by atoms with Crippen molar-refractivity contribution in [1.82, 2.24) is 4.98 Å². The lowest BCUT2D eigenvalue weighted by Crippen LogP contribution is -2.43. The first-order valence-corrected chi connectivity index (χ1v) is 5.81. The Bertz CT molecular complexity index is 509. The molecule has 0 aliphatic heterocycles. The van der Waals surface area contributed by atoms with Gasteiger partial charge in [0.05, 0.1) is 0 Å². The highest BCUT2D eigenvalue weighted by atomic mass is 16.4. The fourth-order valence-corrected chi connectivity index (χ4v) is 1.75. The Kier molecular flexibility index (Phi) is 4.02. The van der Waals surface area contributed by atoms with Crippen LogP contribution in [0.15, 0.2) is 49.1 Å². The molecule has 0 fully saturated rings. The van der Waals surface area contributed by atoms with Gasteiger partial charge >= 0.3 is 0 Å². The third-order valence-corrected chi connectivity index (χ3v) is 2.72. The van der Waals surface area contributed by atoms with Crippen molar-refractivity contribution in [3.63, 3.8) is 0 Å². The van der Waals surface area contributed by atoms with Gasteiger partial charge in [0.15, 0.2) is 18.9 Å². The molecule has 0 atom stereocenters. The summed E-state index contributed by atoms with van der Waals surface area (Å²) in [6.45, 7) is -0.107. The average molecular weight is 242 g/mol. The summed E-state index contributed by atoms with van der Waals surface area (Å²) in [6, 6.07) is 7.87. The molecule has 0 unspecified atom stereocenters. The monoisotopic (exact) mass is 242 g/mol. The predicted molar refractivity (Wildman–Crippen MR) is 63.3 cm³/mol. The minimum Gasteiger partial charge on any atom is -0.544 e. The van der Waals surface area contributed by atoms with E-state index >= 15 is 0 Å². The molecule has 0 bridgehead atoms. The molecule has 0 N–H and O–H groups in total. The molecule has 0 amide bonds. The number of hydrogen-bond donors (Lipinski definition) is 0. The van der Waals surface area contributed by atoms with E-state index in [1.807, 2.05) is 24.3 Å². The average Bonchev–Trinajstić information content (AvgIpc) is 2.38. The van der Waals surface area contributed by atoms with Crippen molar-refractivity contribution in [3.8, 4) is 0 Å². The van der Waals surface area contributed by atoms with E-state index < -0.39 is 5.97 Å². The van der Waals surface area contributed by atoms with Crippen LogP contribution in [0.25, 0.3) is 0 Å². The van der Waals surface area contributed by atoms with Crippen LogP contribution in [0.5, 0.6) is 0 Å². The first-order valence-electron chi connectivity index (χ1n) is 5.81. The first kappa shape index (κ1) is 12.2. The van der Waals surface area contributed by atoms with E-state index in [0.29, 0.717) is 0 Å². The molecule has 2 aromatic rings. The van der Waals surface area contributed by atoms with Gasteiger partial charge in [0.25, 0.3) is 0 Å². The quantitative estimate of drug-likeness (QED) is 0.688. The van der Waals surface area contributed by atoms with Gasteiger partial charge in [-0.2, -0.15) is 4.57 Å². The van der Waals surface area contributed by atoms with Crippen LogP contribution in [0.2, 0.25) is 0 Å². The van der Waals surface area contributed by atoms with Crippen molar-refractivity contribution < 1.29 is 14.5 Å². The Balaban J connectivity index is 1.92. The summed E-state index contributed by atoms with van der Waals surface area (Å²) in [4.78, 5) is 14.4. The van der Waals surface area contributed by atoms with Crippen molar-refractivity contribution in [3.05, 3.63) is 60.2 Å². The molecule has 0 aliphatic rings. The van der Waals surface area contributed by atoms with Crippen molar-refractivity contribution in [2.75, 3.05) is 0 Å². The number of nitrogens with zero attached hydrogens (tertiary/aromatic N) is 2. The van der Waals surface area contributed by atoms with E-state index in [2.05, 4.69) is 4.98 Å². The van der Waals surface area contributed by atoms with Crippen LogP contribution in [0.3, 0.4) is 0 Å². The highest BCUT2D eigenvalue weighted by Gasteiger charge is 2.01. The molecule has 92 valence electrons. The van der Waals surface area contributed by atoms with Crippen LogP contribution in [0.1, 0.15) is 11.1 Å². The number of carbonyl (C=O) groups is 1.